The molecule has 0 saturated carbocycles. The molecule has 1 aromatic heterocycles. The van der Waals surface area contributed by atoms with Crippen molar-refractivity contribution in [1.82, 2.24) is 20.3 Å². The fourth-order valence-electron chi connectivity index (χ4n) is 5.10. The lowest BCUT2D eigenvalue weighted by molar-refractivity contribution is 0.139. The van der Waals surface area contributed by atoms with Gasteiger partial charge in [-0.1, -0.05) is 24.3 Å². The van der Waals surface area contributed by atoms with Crippen LogP contribution in [0.1, 0.15) is 30.4 Å². The Balaban J connectivity index is 1.22. The molecule has 2 amide bonds. The minimum atomic E-state index is -4.56. The number of fused-ring (bicyclic) bond motifs is 1. The Kier molecular flexibility index (Phi) is 17.0. The number of ether oxygens (including phenoxy) is 5. The molecule has 3 aromatic carbocycles. The number of nitrogens with one attached hydrogen (secondary N) is 3. The summed E-state index contributed by atoms with van der Waals surface area (Å²) >= 11 is 0.981. The first-order valence-corrected chi connectivity index (χ1v) is 21.4. The van der Waals surface area contributed by atoms with E-state index in [-0.39, 0.29) is 17.4 Å². The number of hydrogen-bond acceptors (Lipinski definition) is 12. The summed E-state index contributed by atoms with van der Waals surface area (Å²) in [6, 6.07) is 21.1. The number of carbonyl (C=O) groups is 2. The van der Waals surface area contributed by atoms with E-state index < -0.39 is 36.1 Å². The minimum Gasteiger partial charge on any atom is -0.497 e. The van der Waals surface area contributed by atoms with Crippen molar-refractivity contribution in [3.05, 3.63) is 83.9 Å². The fourth-order valence-corrected chi connectivity index (χ4v) is 8.54. The Bertz CT molecular complexity index is 1900. The maximum Gasteiger partial charge on any atom is 0.407 e. The summed E-state index contributed by atoms with van der Waals surface area (Å²) in [5, 5.41) is 6.18. The van der Waals surface area contributed by atoms with E-state index in [0.717, 1.165) is 22.5 Å². The SMILES string of the molecule is COc1ccc(COC(=O)NCCCN(CCCNC(=O)OCc2ccc(OC)cc2)CCCOc2ccc3sc(S(=O)(=O)NCP(=O)(O)O)cc3c2)cc1. The van der Waals surface area contributed by atoms with Gasteiger partial charge in [-0.25, -0.2) is 18.0 Å². The van der Waals surface area contributed by atoms with E-state index in [4.69, 9.17) is 33.5 Å². The summed E-state index contributed by atoms with van der Waals surface area (Å²) in [5.74, 6) is 1.97. The largest absolute Gasteiger partial charge is 0.497 e. The third-order valence-corrected chi connectivity index (χ3v) is 11.8. The molecule has 4 rings (SSSR count). The first-order chi connectivity index (χ1) is 26.3. The molecule has 5 N–H and O–H groups in total. The summed E-state index contributed by atoms with van der Waals surface area (Å²) in [5.41, 5.74) is 1.67. The highest BCUT2D eigenvalue weighted by Crippen LogP contribution is 2.35. The van der Waals surface area contributed by atoms with Gasteiger partial charge in [0.05, 0.1) is 20.8 Å². The average Bonchev–Trinajstić information content (AvgIpc) is 3.62. The lowest BCUT2D eigenvalue weighted by atomic mass is 10.2. The van der Waals surface area contributed by atoms with E-state index >= 15 is 0 Å². The van der Waals surface area contributed by atoms with Crippen LogP contribution < -0.4 is 29.6 Å². The maximum absolute atomic E-state index is 12.5. The number of methoxy groups -OCH3 is 2. The minimum absolute atomic E-state index is 0.0660. The van der Waals surface area contributed by atoms with Gasteiger partial charge in [-0.15, -0.1) is 11.3 Å². The van der Waals surface area contributed by atoms with Crippen LogP contribution in [-0.2, 0) is 37.3 Å². The Morgan fingerprint density at radius 3 is 1.76 bits per heavy atom. The number of amides is 2. The quantitative estimate of drug-likeness (QED) is 0.0491. The van der Waals surface area contributed by atoms with E-state index in [1.807, 2.05) is 29.0 Å². The van der Waals surface area contributed by atoms with Crippen molar-refractivity contribution in [2.75, 3.05) is 59.8 Å². The highest BCUT2D eigenvalue weighted by Gasteiger charge is 2.22. The first kappa shape index (κ1) is 43.3. The number of alkyl carbamates (subject to hydrolysis) is 2. The monoisotopic (exact) mass is 822 g/mol. The summed E-state index contributed by atoms with van der Waals surface area (Å²) in [7, 11) is -5.50. The molecule has 0 atom stereocenters. The smallest absolute Gasteiger partial charge is 0.407 e. The molecule has 0 bridgehead atoms. The summed E-state index contributed by atoms with van der Waals surface area (Å²) in [4.78, 5) is 44.8. The van der Waals surface area contributed by atoms with Crippen molar-refractivity contribution < 1.29 is 56.0 Å². The molecule has 0 aliphatic carbocycles. The lowest BCUT2D eigenvalue weighted by Crippen LogP contribution is -2.34. The van der Waals surface area contributed by atoms with Gasteiger partial charge in [0.15, 0.2) is 0 Å². The van der Waals surface area contributed by atoms with E-state index in [1.165, 1.54) is 6.07 Å². The van der Waals surface area contributed by atoms with Crippen LogP contribution in [0.4, 0.5) is 9.59 Å². The fraction of sp³-hybridized carbons (Fsp3) is 0.389. The van der Waals surface area contributed by atoms with Crippen LogP contribution in [0.25, 0.3) is 10.1 Å². The molecule has 19 heteroatoms. The molecular formula is C36H47N4O12PS2. The van der Waals surface area contributed by atoms with E-state index in [9.17, 15) is 22.6 Å². The van der Waals surface area contributed by atoms with Gasteiger partial charge in [0.25, 0.3) is 10.0 Å². The zero-order chi connectivity index (χ0) is 39.7. The van der Waals surface area contributed by atoms with Crippen LogP contribution in [0.3, 0.4) is 0 Å². The average molecular weight is 823 g/mol. The summed E-state index contributed by atoms with van der Waals surface area (Å²) in [6.07, 6.45) is -0.0617. The van der Waals surface area contributed by atoms with Crippen molar-refractivity contribution in [2.45, 2.75) is 36.7 Å². The zero-order valence-corrected chi connectivity index (χ0v) is 33.1. The van der Waals surface area contributed by atoms with Crippen molar-refractivity contribution in [3.8, 4) is 17.2 Å². The van der Waals surface area contributed by atoms with Crippen LogP contribution in [0.15, 0.2) is 77.0 Å². The predicted octanol–water partition coefficient (Wildman–Crippen LogP) is 5.04. The molecule has 4 aromatic rings. The summed E-state index contributed by atoms with van der Waals surface area (Å²) in [6.45, 7) is 3.42. The van der Waals surface area contributed by atoms with E-state index in [2.05, 4.69) is 15.5 Å². The van der Waals surface area contributed by atoms with Gasteiger partial charge < -0.3 is 49.0 Å². The van der Waals surface area contributed by atoms with Crippen LogP contribution in [0.5, 0.6) is 17.2 Å². The van der Waals surface area contributed by atoms with E-state index in [1.54, 1.807) is 56.7 Å². The standard InChI is InChI=1S/C36H47N4O12PS2/c1-48-30-10-6-27(7-11-30)24-51-35(41)37-16-3-18-40(19-4-17-38-36(42)52-25-28-8-12-31(49-2)13-9-28)20-5-21-50-32-14-15-33-29(22-32)23-34(54-33)55(46,47)39-26-53(43,44)45/h6-15,22-23,39H,3-5,16-21,24-26H2,1-2H3,(H,37,41)(H,38,42)(H2,43,44,45). The maximum atomic E-state index is 12.5. The molecule has 0 radical (unpaired) electrons. The van der Waals surface area contributed by atoms with Crippen molar-refractivity contribution in [2.24, 2.45) is 0 Å². The van der Waals surface area contributed by atoms with Gasteiger partial charge in [-0.05, 0) is 97.4 Å². The number of nitrogens with zero attached hydrogens (tertiary/aromatic N) is 1. The molecule has 0 aliphatic rings. The molecule has 0 spiro atoms. The van der Waals surface area contributed by atoms with Crippen LogP contribution in [-0.4, -0.2) is 95.1 Å². The van der Waals surface area contributed by atoms with Gasteiger partial charge in [0.1, 0.15) is 41.0 Å². The third kappa shape index (κ3) is 15.7. The second kappa shape index (κ2) is 21.6. The molecule has 16 nitrogen and oxygen atoms in total. The molecule has 0 saturated heterocycles. The number of carbonyl (C=O) groups excluding carboxylic acids is 2. The zero-order valence-electron chi connectivity index (χ0n) is 30.6. The van der Waals surface area contributed by atoms with Crippen LogP contribution in [0, 0.1) is 0 Å². The molecule has 0 aliphatic heterocycles. The molecule has 300 valence electrons. The molecule has 55 heavy (non-hydrogen) atoms. The highest BCUT2D eigenvalue weighted by molar-refractivity contribution is 7.92. The van der Waals surface area contributed by atoms with Crippen LogP contribution >= 0.6 is 18.9 Å². The topological polar surface area (TPSA) is 211 Å². The van der Waals surface area contributed by atoms with Gasteiger partial charge in [0.2, 0.25) is 0 Å². The molecule has 0 unspecified atom stereocenters. The third-order valence-electron chi connectivity index (χ3n) is 7.98. The van der Waals surface area contributed by atoms with Crippen molar-refractivity contribution in [1.29, 1.82) is 0 Å². The normalized spacial score (nSPS) is 11.7. The van der Waals surface area contributed by atoms with Gasteiger partial charge in [-0.2, -0.15) is 4.72 Å². The lowest BCUT2D eigenvalue weighted by Gasteiger charge is -2.22. The Morgan fingerprint density at radius 1 is 0.745 bits per heavy atom. The Hall–Kier alpha value is -4.42. The van der Waals surface area contributed by atoms with Crippen molar-refractivity contribution in [3.63, 3.8) is 0 Å². The summed E-state index contributed by atoms with van der Waals surface area (Å²) < 4.78 is 65.6. The number of thiophene rings is 1. The predicted molar refractivity (Wildman–Crippen MR) is 207 cm³/mol. The molecule has 1 heterocycles. The Labute approximate surface area is 324 Å². The van der Waals surface area contributed by atoms with E-state index in [0.29, 0.717) is 85.9 Å². The van der Waals surface area contributed by atoms with Gasteiger partial charge >= 0.3 is 19.8 Å². The van der Waals surface area contributed by atoms with Crippen LogP contribution in [0.2, 0.25) is 0 Å². The Morgan fingerprint density at radius 2 is 1.25 bits per heavy atom. The second-order valence-electron chi connectivity index (χ2n) is 12.2. The van der Waals surface area contributed by atoms with Gasteiger partial charge in [-0.3, -0.25) is 4.57 Å². The molecule has 0 fully saturated rings. The number of benzene rings is 3. The second-order valence-corrected chi connectivity index (χ2v) is 16.9. The number of rotatable bonds is 23. The number of sulfonamides is 1. The number of hydrogen-bond donors (Lipinski definition) is 5. The molecular weight excluding hydrogens is 776 g/mol. The van der Waals surface area contributed by atoms with Crippen molar-refractivity contribution >= 4 is 51.2 Å². The van der Waals surface area contributed by atoms with Gasteiger partial charge in [0, 0.05) is 24.3 Å². The first-order valence-electron chi connectivity index (χ1n) is 17.3. The highest BCUT2D eigenvalue weighted by atomic mass is 32.2.